The van der Waals surface area contributed by atoms with Crippen LogP contribution in [0.15, 0.2) is 79.0 Å². The first-order chi connectivity index (χ1) is 20.8. The van der Waals surface area contributed by atoms with Crippen molar-refractivity contribution in [2.45, 2.75) is 26.7 Å². The summed E-state index contributed by atoms with van der Waals surface area (Å²) in [5, 5.41) is 25.5. The molecule has 0 amide bonds. The molecule has 218 valence electrons. The number of hydrogen-bond acceptors (Lipinski definition) is 10. The van der Waals surface area contributed by atoms with Crippen molar-refractivity contribution in [2.75, 3.05) is 11.5 Å². The highest BCUT2D eigenvalue weighted by molar-refractivity contribution is 5.96. The Labute approximate surface area is 245 Å². The quantitative estimate of drug-likeness (QED) is 0.235. The number of anilines is 2. The number of nitrogens with two attached hydrogens (primary N) is 2. The molecule has 0 atom stereocenters. The molecule has 6 rings (SSSR count). The van der Waals surface area contributed by atoms with Crippen molar-refractivity contribution in [2.24, 2.45) is 0 Å². The lowest BCUT2D eigenvalue weighted by Gasteiger charge is -2.05. The van der Waals surface area contributed by atoms with Crippen molar-refractivity contribution in [3.8, 4) is 11.4 Å². The van der Waals surface area contributed by atoms with Crippen LogP contribution in [0.1, 0.15) is 46.0 Å². The van der Waals surface area contributed by atoms with Gasteiger partial charge in [-0.3, -0.25) is 0 Å². The number of rotatable bonds is 7. The van der Waals surface area contributed by atoms with Crippen LogP contribution < -0.4 is 16.3 Å². The van der Waals surface area contributed by atoms with Crippen LogP contribution in [0, 0.1) is 0 Å². The van der Waals surface area contributed by atoms with Gasteiger partial charge in [0.25, 0.3) is 0 Å². The number of fused-ring (bicyclic) bond motifs is 1. The van der Waals surface area contributed by atoms with E-state index in [4.69, 9.17) is 21.4 Å². The van der Waals surface area contributed by atoms with Gasteiger partial charge in [-0.1, -0.05) is 50.2 Å². The zero-order chi connectivity index (χ0) is 30.5. The van der Waals surface area contributed by atoms with Gasteiger partial charge in [0.1, 0.15) is 28.3 Å². The van der Waals surface area contributed by atoms with Crippen molar-refractivity contribution >= 4 is 34.7 Å². The molecular formula is C29H28N10O4. The molecule has 0 aliphatic carbocycles. The number of aryl methyl sites for hydroxylation is 2. The van der Waals surface area contributed by atoms with E-state index in [1.54, 1.807) is 18.3 Å². The third-order valence-corrected chi connectivity index (χ3v) is 6.43. The summed E-state index contributed by atoms with van der Waals surface area (Å²) in [5.74, 6) is -1.34. The molecule has 5 N–H and O–H groups in total. The fourth-order valence-corrected chi connectivity index (χ4v) is 4.37. The lowest BCUT2D eigenvalue weighted by molar-refractivity contribution is 0.0405. The molecule has 0 unspecified atom stereocenters. The number of para-hydroxylation sites is 2. The van der Waals surface area contributed by atoms with Crippen molar-refractivity contribution in [3.63, 3.8) is 0 Å². The third-order valence-electron chi connectivity index (χ3n) is 6.43. The fourth-order valence-electron chi connectivity index (χ4n) is 4.37. The predicted molar refractivity (Wildman–Crippen MR) is 158 cm³/mol. The van der Waals surface area contributed by atoms with Crippen LogP contribution in [-0.2, 0) is 12.8 Å². The Bertz CT molecular complexity index is 1900. The van der Waals surface area contributed by atoms with Crippen LogP contribution in [0.5, 0.6) is 0 Å². The second kappa shape index (κ2) is 12.2. The summed E-state index contributed by atoms with van der Waals surface area (Å²) < 4.78 is 2.98. The SMILES string of the molecule is CCc1nn(-c2ccccc2)c(N)c1C(=O)O.CCc1nn(-c2ccccc2)c(N)c1C(=O)On1nnc2cccnc21. The summed E-state index contributed by atoms with van der Waals surface area (Å²) >= 11 is 0. The van der Waals surface area contributed by atoms with Gasteiger partial charge in [-0.15, -0.1) is 5.10 Å². The number of hydrogen-bond donors (Lipinski definition) is 3. The van der Waals surface area contributed by atoms with E-state index in [-0.39, 0.29) is 22.8 Å². The van der Waals surface area contributed by atoms with E-state index in [1.165, 1.54) is 9.36 Å². The first kappa shape index (κ1) is 28.5. The number of carbonyl (C=O) groups is 2. The van der Waals surface area contributed by atoms with E-state index in [9.17, 15) is 9.59 Å². The molecule has 0 saturated heterocycles. The molecule has 4 aromatic heterocycles. The van der Waals surface area contributed by atoms with Gasteiger partial charge in [0.2, 0.25) is 5.65 Å². The number of aromatic nitrogens is 8. The fraction of sp³-hybridized carbons (Fsp3) is 0.138. The molecule has 4 heterocycles. The summed E-state index contributed by atoms with van der Waals surface area (Å²) in [6.45, 7) is 3.74. The van der Waals surface area contributed by atoms with E-state index >= 15 is 0 Å². The summed E-state index contributed by atoms with van der Waals surface area (Å²) in [7, 11) is 0. The topological polar surface area (TPSA) is 195 Å². The summed E-state index contributed by atoms with van der Waals surface area (Å²) in [6.07, 6.45) is 2.62. The average Bonchev–Trinajstić information content (AvgIpc) is 3.71. The molecule has 43 heavy (non-hydrogen) atoms. The van der Waals surface area contributed by atoms with Crippen LogP contribution >= 0.6 is 0 Å². The molecule has 2 aromatic carbocycles. The molecule has 0 bridgehead atoms. The van der Waals surface area contributed by atoms with Crippen LogP contribution in [0.3, 0.4) is 0 Å². The van der Waals surface area contributed by atoms with Crippen molar-refractivity contribution in [3.05, 3.63) is 102 Å². The van der Waals surface area contributed by atoms with E-state index in [0.717, 1.165) is 16.2 Å². The number of aromatic carboxylic acids is 1. The number of carboxylic acid groups (broad SMARTS) is 1. The van der Waals surface area contributed by atoms with E-state index in [0.29, 0.717) is 35.4 Å². The largest absolute Gasteiger partial charge is 0.477 e. The Hall–Kier alpha value is -6.05. The van der Waals surface area contributed by atoms with E-state index in [1.807, 2.05) is 74.5 Å². The molecular weight excluding hydrogens is 552 g/mol. The van der Waals surface area contributed by atoms with Crippen molar-refractivity contribution in [1.29, 1.82) is 0 Å². The second-order valence-electron chi connectivity index (χ2n) is 9.11. The molecule has 0 aliphatic heterocycles. The Morgan fingerprint density at radius 3 is 1.84 bits per heavy atom. The molecule has 0 fully saturated rings. The minimum absolute atomic E-state index is 0.0938. The van der Waals surface area contributed by atoms with Gasteiger partial charge in [0.15, 0.2) is 0 Å². The normalized spacial score (nSPS) is 10.7. The molecule has 14 heteroatoms. The second-order valence-corrected chi connectivity index (χ2v) is 9.11. The number of benzene rings is 2. The van der Waals surface area contributed by atoms with Gasteiger partial charge in [0, 0.05) is 6.20 Å². The summed E-state index contributed by atoms with van der Waals surface area (Å²) in [4.78, 5) is 34.3. The maximum Gasteiger partial charge on any atom is 0.371 e. The third kappa shape index (κ3) is 5.61. The number of nitrogens with zero attached hydrogens (tertiary/aromatic N) is 8. The lowest BCUT2D eigenvalue weighted by Crippen LogP contribution is -2.23. The van der Waals surface area contributed by atoms with E-state index < -0.39 is 11.9 Å². The average molecular weight is 581 g/mol. The molecule has 0 radical (unpaired) electrons. The Morgan fingerprint density at radius 1 is 0.791 bits per heavy atom. The van der Waals surface area contributed by atoms with Crippen LogP contribution in [0.25, 0.3) is 22.5 Å². The lowest BCUT2D eigenvalue weighted by atomic mass is 10.2. The number of carboxylic acids is 1. The highest BCUT2D eigenvalue weighted by Gasteiger charge is 2.25. The van der Waals surface area contributed by atoms with Crippen molar-refractivity contribution in [1.82, 2.24) is 39.7 Å². The van der Waals surface area contributed by atoms with Crippen LogP contribution in [0.2, 0.25) is 0 Å². The summed E-state index contributed by atoms with van der Waals surface area (Å²) in [5.41, 5.74) is 15.7. The van der Waals surface area contributed by atoms with Crippen LogP contribution in [-0.4, -0.2) is 56.7 Å². The van der Waals surface area contributed by atoms with Crippen LogP contribution in [0.4, 0.5) is 11.6 Å². The van der Waals surface area contributed by atoms with E-state index in [2.05, 4.69) is 25.5 Å². The zero-order valence-electron chi connectivity index (χ0n) is 23.3. The Kier molecular flexibility index (Phi) is 8.09. The highest BCUT2D eigenvalue weighted by Crippen LogP contribution is 2.23. The van der Waals surface area contributed by atoms with Gasteiger partial charge in [0.05, 0.1) is 22.8 Å². The minimum atomic E-state index is -1.04. The smallest absolute Gasteiger partial charge is 0.371 e. The molecule has 0 spiro atoms. The maximum atomic E-state index is 12.7. The molecule has 0 saturated carbocycles. The number of pyridine rings is 1. The molecule has 0 aliphatic rings. The van der Waals surface area contributed by atoms with Crippen molar-refractivity contribution < 1.29 is 19.5 Å². The van der Waals surface area contributed by atoms with Gasteiger partial charge in [-0.05, 0) is 59.3 Å². The standard InChI is InChI=1S/C17H15N7O2.C12H13N3O2/c1-2-12-14(15(18)23(21-12)11-7-4-3-5-8-11)17(25)26-24-16-13(20-22-24)9-6-10-19-16;1-2-9-10(12(16)17)11(13)15(14-9)8-6-4-3-5-7-8/h3-10H,2,18H2,1H3;3-7H,2,13H2,1H3,(H,16,17). The number of carbonyl (C=O) groups excluding carboxylic acids is 1. The zero-order valence-corrected chi connectivity index (χ0v) is 23.3. The first-order valence-corrected chi connectivity index (χ1v) is 13.3. The van der Waals surface area contributed by atoms with Gasteiger partial charge in [-0.25, -0.2) is 23.9 Å². The Balaban J connectivity index is 0.000000188. The molecule has 6 aromatic rings. The van der Waals surface area contributed by atoms with Gasteiger partial charge < -0.3 is 21.4 Å². The minimum Gasteiger partial charge on any atom is -0.477 e. The first-order valence-electron chi connectivity index (χ1n) is 13.3. The monoisotopic (exact) mass is 580 g/mol. The Morgan fingerprint density at radius 2 is 1.33 bits per heavy atom. The number of nitrogen functional groups attached to an aromatic ring is 2. The summed E-state index contributed by atoms with van der Waals surface area (Å²) in [6, 6.07) is 22.0. The predicted octanol–water partition coefficient (Wildman–Crippen LogP) is 3.14. The van der Waals surface area contributed by atoms with Gasteiger partial charge >= 0.3 is 11.9 Å². The van der Waals surface area contributed by atoms with Gasteiger partial charge in [-0.2, -0.15) is 10.2 Å². The maximum absolute atomic E-state index is 12.7. The molecule has 14 nitrogen and oxygen atoms in total. The highest BCUT2D eigenvalue weighted by atomic mass is 16.7.